The summed E-state index contributed by atoms with van der Waals surface area (Å²) in [5.41, 5.74) is 10.4. The molecule has 7 rings (SSSR count). The molecule has 0 unspecified atom stereocenters. The number of hydrogen-bond acceptors (Lipinski definition) is 6. The number of fused-ring (bicyclic) bond motifs is 7. The molecule has 44 heavy (non-hydrogen) atoms. The molecule has 0 fully saturated rings. The minimum atomic E-state index is 0.881. The molecule has 5 heterocycles. The van der Waals surface area contributed by atoms with Crippen LogP contribution in [0.5, 0.6) is 0 Å². The summed E-state index contributed by atoms with van der Waals surface area (Å²) in [4.78, 5) is 23.0. The standard InChI is InChI=1S/C38H38N4S2/c1-3-5-7-9-13-25-17-33(43-23-25)27-19-29-35(39-21-27)36-30(38-37(29)41-31-15-11-12-16-32(31)42-38)20-28(22-40-36)34-18-26(24-44-34)14-10-8-6-4-2/h11-12,15-24H,3-10,13-14H2,1-2H3. The minimum Gasteiger partial charge on any atom is -0.253 e. The van der Waals surface area contributed by atoms with E-state index in [1.54, 1.807) is 22.7 Å². The van der Waals surface area contributed by atoms with Crippen molar-refractivity contribution in [2.45, 2.75) is 78.1 Å². The van der Waals surface area contributed by atoms with Gasteiger partial charge in [0.2, 0.25) is 0 Å². The van der Waals surface area contributed by atoms with Gasteiger partial charge < -0.3 is 0 Å². The third-order valence-electron chi connectivity index (χ3n) is 8.60. The fraction of sp³-hybridized carbons (Fsp3) is 0.316. The Hall–Kier alpha value is -3.74. The van der Waals surface area contributed by atoms with Gasteiger partial charge in [0, 0.05) is 44.0 Å². The van der Waals surface area contributed by atoms with Gasteiger partial charge in [-0.05, 0) is 84.0 Å². The molecule has 0 aliphatic carbocycles. The molecule has 6 heteroatoms. The highest BCUT2D eigenvalue weighted by Gasteiger charge is 2.17. The zero-order valence-corrected chi connectivity index (χ0v) is 27.2. The van der Waals surface area contributed by atoms with E-state index in [-0.39, 0.29) is 0 Å². The molecule has 0 amide bonds. The van der Waals surface area contributed by atoms with Gasteiger partial charge in [-0.15, -0.1) is 22.7 Å². The third-order valence-corrected chi connectivity index (χ3v) is 10.7. The lowest BCUT2D eigenvalue weighted by Gasteiger charge is -2.11. The number of unbranched alkanes of at least 4 members (excludes halogenated alkanes) is 6. The smallest absolute Gasteiger partial charge is 0.0996 e. The van der Waals surface area contributed by atoms with Crippen molar-refractivity contribution in [3.05, 3.63) is 82.8 Å². The highest BCUT2D eigenvalue weighted by Crippen LogP contribution is 2.38. The third kappa shape index (κ3) is 5.85. The minimum absolute atomic E-state index is 0.881. The first-order valence-corrected chi connectivity index (χ1v) is 17.9. The summed E-state index contributed by atoms with van der Waals surface area (Å²) in [6.45, 7) is 4.53. The second kappa shape index (κ2) is 13.1. The molecule has 222 valence electrons. The number of aryl methyl sites for hydroxylation is 2. The predicted molar refractivity (Wildman–Crippen MR) is 190 cm³/mol. The van der Waals surface area contributed by atoms with Crippen LogP contribution in [0.25, 0.3) is 64.8 Å². The van der Waals surface area contributed by atoms with Crippen LogP contribution < -0.4 is 0 Å². The number of pyridine rings is 2. The fourth-order valence-corrected chi connectivity index (χ4v) is 8.00. The molecule has 0 saturated carbocycles. The van der Waals surface area contributed by atoms with E-state index in [1.165, 1.54) is 72.2 Å². The maximum Gasteiger partial charge on any atom is 0.0996 e. The Bertz CT molecular complexity index is 1920. The predicted octanol–water partition coefficient (Wildman–Crippen LogP) is 11.6. The molecule has 0 spiro atoms. The van der Waals surface area contributed by atoms with Gasteiger partial charge in [-0.1, -0.05) is 64.5 Å². The van der Waals surface area contributed by atoms with Crippen LogP contribution in [0.15, 0.2) is 71.7 Å². The zero-order valence-electron chi connectivity index (χ0n) is 25.6. The quantitative estimate of drug-likeness (QED) is 0.0780. The van der Waals surface area contributed by atoms with Crippen molar-refractivity contribution in [2.75, 3.05) is 0 Å². The van der Waals surface area contributed by atoms with Crippen molar-refractivity contribution >= 4 is 66.5 Å². The van der Waals surface area contributed by atoms with Crippen LogP contribution in [-0.2, 0) is 12.8 Å². The molecule has 0 atom stereocenters. The van der Waals surface area contributed by atoms with Crippen LogP contribution >= 0.6 is 22.7 Å². The highest BCUT2D eigenvalue weighted by atomic mass is 32.1. The van der Waals surface area contributed by atoms with Gasteiger partial charge in [-0.25, -0.2) is 9.97 Å². The van der Waals surface area contributed by atoms with Crippen LogP contribution in [0, 0.1) is 0 Å². The van der Waals surface area contributed by atoms with E-state index in [0.717, 1.165) is 67.8 Å². The summed E-state index contributed by atoms with van der Waals surface area (Å²) >= 11 is 3.61. The summed E-state index contributed by atoms with van der Waals surface area (Å²) in [5, 5.41) is 6.63. The van der Waals surface area contributed by atoms with Crippen molar-refractivity contribution in [1.29, 1.82) is 0 Å². The molecule has 4 nitrogen and oxygen atoms in total. The molecule has 0 aliphatic rings. The number of aromatic nitrogens is 4. The lowest BCUT2D eigenvalue weighted by molar-refractivity contribution is 0.667. The second-order valence-corrected chi connectivity index (χ2v) is 13.7. The Morgan fingerprint density at radius 3 is 1.48 bits per heavy atom. The zero-order chi connectivity index (χ0) is 29.9. The van der Waals surface area contributed by atoms with E-state index in [0.29, 0.717) is 0 Å². The van der Waals surface area contributed by atoms with Gasteiger partial charge in [-0.3, -0.25) is 9.97 Å². The Labute approximate surface area is 267 Å². The fourth-order valence-electron chi connectivity index (χ4n) is 6.14. The number of hydrogen-bond donors (Lipinski definition) is 0. The van der Waals surface area contributed by atoms with Gasteiger partial charge in [0.1, 0.15) is 0 Å². The number of benzene rings is 2. The van der Waals surface area contributed by atoms with Gasteiger partial charge >= 0.3 is 0 Å². The maximum atomic E-state index is 5.18. The number of nitrogens with zero attached hydrogens (tertiary/aromatic N) is 4. The maximum absolute atomic E-state index is 5.18. The Morgan fingerprint density at radius 2 is 1.02 bits per heavy atom. The molecular formula is C38H38N4S2. The number of rotatable bonds is 12. The van der Waals surface area contributed by atoms with Crippen LogP contribution in [0.1, 0.15) is 76.3 Å². The van der Waals surface area contributed by atoms with Crippen molar-refractivity contribution in [3.8, 4) is 20.9 Å². The first-order valence-electron chi connectivity index (χ1n) is 16.2. The van der Waals surface area contributed by atoms with E-state index in [1.807, 2.05) is 36.7 Å². The molecule has 0 saturated heterocycles. The highest BCUT2D eigenvalue weighted by molar-refractivity contribution is 7.14. The van der Waals surface area contributed by atoms with Gasteiger partial charge in [0.15, 0.2) is 0 Å². The summed E-state index contributed by atoms with van der Waals surface area (Å²) in [6, 6.07) is 17.3. The summed E-state index contributed by atoms with van der Waals surface area (Å²) in [5.74, 6) is 0. The molecule has 0 N–H and O–H groups in total. The van der Waals surface area contributed by atoms with Crippen LogP contribution in [0.3, 0.4) is 0 Å². The molecule has 2 aromatic carbocycles. The van der Waals surface area contributed by atoms with Crippen molar-refractivity contribution < 1.29 is 0 Å². The topological polar surface area (TPSA) is 51.6 Å². The summed E-state index contributed by atoms with van der Waals surface area (Å²) in [6.07, 6.45) is 16.5. The normalized spacial score (nSPS) is 11.9. The van der Waals surface area contributed by atoms with E-state index in [4.69, 9.17) is 19.9 Å². The second-order valence-electron chi connectivity index (χ2n) is 11.9. The SMILES string of the molecule is CCCCCCc1csc(-c2cnc3c(c2)c2nc4ccccc4nc2c2cc(-c4cc(CCCCCC)cs4)cnc23)c1. The van der Waals surface area contributed by atoms with Crippen LogP contribution in [-0.4, -0.2) is 19.9 Å². The van der Waals surface area contributed by atoms with Gasteiger partial charge in [-0.2, -0.15) is 0 Å². The number of para-hydroxylation sites is 2. The van der Waals surface area contributed by atoms with Crippen molar-refractivity contribution in [3.63, 3.8) is 0 Å². The van der Waals surface area contributed by atoms with Crippen LogP contribution in [0.4, 0.5) is 0 Å². The van der Waals surface area contributed by atoms with Crippen LogP contribution in [0.2, 0.25) is 0 Å². The molecular weight excluding hydrogens is 577 g/mol. The van der Waals surface area contributed by atoms with E-state index >= 15 is 0 Å². The van der Waals surface area contributed by atoms with E-state index in [2.05, 4.69) is 48.9 Å². The Balaban J connectivity index is 1.32. The summed E-state index contributed by atoms with van der Waals surface area (Å²) in [7, 11) is 0. The first-order chi connectivity index (χ1) is 21.7. The van der Waals surface area contributed by atoms with Crippen molar-refractivity contribution in [1.82, 2.24) is 19.9 Å². The molecule has 7 aromatic rings. The average Bonchev–Trinajstić information content (AvgIpc) is 3.74. The average molecular weight is 615 g/mol. The lowest BCUT2D eigenvalue weighted by atomic mass is 10.0. The van der Waals surface area contributed by atoms with Gasteiger partial charge in [0.25, 0.3) is 0 Å². The monoisotopic (exact) mass is 614 g/mol. The Morgan fingerprint density at radius 1 is 0.545 bits per heavy atom. The summed E-state index contributed by atoms with van der Waals surface area (Å²) < 4.78 is 0. The van der Waals surface area contributed by atoms with Gasteiger partial charge in [0.05, 0.1) is 33.1 Å². The Kier molecular flexibility index (Phi) is 8.63. The lowest BCUT2D eigenvalue weighted by Crippen LogP contribution is -1.95. The van der Waals surface area contributed by atoms with E-state index < -0.39 is 0 Å². The van der Waals surface area contributed by atoms with E-state index in [9.17, 15) is 0 Å². The van der Waals surface area contributed by atoms with Crippen molar-refractivity contribution in [2.24, 2.45) is 0 Å². The molecule has 0 bridgehead atoms. The molecule has 0 aliphatic heterocycles. The molecule has 0 radical (unpaired) electrons. The first kappa shape index (κ1) is 29.0. The largest absolute Gasteiger partial charge is 0.253 e. The number of thiophene rings is 2. The molecule has 5 aromatic heterocycles.